The summed E-state index contributed by atoms with van der Waals surface area (Å²) in [6.45, 7) is 5.30. The van der Waals surface area contributed by atoms with Crippen LogP contribution in [-0.2, 0) is 10.0 Å². The highest BCUT2D eigenvalue weighted by Crippen LogP contribution is 2.26. The van der Waals surface area contributed by atoms with Crippen molar-refractivity contribution in [2.24, 2.45) is 0 Å². The normalized spacial score (nSPS) is 21.1. The van der Waals surface area contributed by atoms with Gasteiger partial charge in [0.2, 0.25) is 10.0 Å². The van der Waals surface area contributed by atoms with Crippen LogP contribution >= 0.6 is 12.4 Å². The van der Waals surface area contributed by atoms with E-state index >= 15 is 0 Å². The van der Waals surface area contributed by atoms with Gasteiger partial charge in [0.25, 0.3) is 5.91 Å². The van der Waals surface area contributed by atoms with Crippen LogP contribution in [0.2, 0.25) is 0 Å². The maximum atomic E-state index is 12.8. The Morgan fingerprint density at radius 3 is 2.62 bits per heavy atom. The molecule has 1 fully saturated rings. The molecule has 2 rings (SSSR count). The van der Waals surface area contributed by atoms with Gasteiger partial charge in [0.15, 0.2) is 0 Å². The van der Waals surface area contributed by atoms with Crippen molar-refractivity contribution in [3.05, 3.63) is 23.8 Å². The number of carbonyl (C=O) groups excluding carboxylic acids is 1. The summed E-state index contributed by atoms with van der Waals surface area (Å²) in [5, 5.41) is 3.31. The predicted molar refractivity (Wildman–Crippen MR) is 94.5 cm³/mol. The van der Waals surface area contributed by atoms with Crippen molar-refractivity contribution in [2.75, 3.05) is 27.2 Å². The molecule has 1 aromatic carbocycles. The van der Waals surface area contributed by atoms with Gasteiger partial charge in [-0.1, -0.05) is 0 Å². The molecule has 0 aromatic heterocycles. The van der Waals surface area contributed by atoms with Crippen molar-refractivity contribution in [1.29, 1.82) is 0 Å². The number of nitrogens with one attached hydrogen (secondary N) is 2. The molecule has 2 N–H and O–H groups in total. The van der Waals surface area contributed by atoms with Gasteiger partial charge in [0.1, 0.15) is 10.6 Å². The Kier molecular flexibility index (Phi) is 7.03. The number of sulfonamides is 1. The average Bonchev–Trinajstić information content (AvgIpc) is 2.56. The Morgan fingerprint density at radius 2 is 2.04 bits per heavy atom. The molecule has 9 heteroatoms. The summed E-state index contributed by atoms with van der Waals surface area (Å²) in [5.41, 5.74) is 0.334. The van der Waals surface area contributed by atoms with E-state index in [-0.39, 0.29) is 41.0 Å². The van der Waals surface area contributed by atoms with E-state index in [0.29, 0.717) is 12.1 Å². The second-order valence-corrected chi connectivity index (χ2v) is 7.41. The van der Waals surface area contributed by atoms with Gasteiger partial charge < -0.3 is 15.0 Å². The average molecular weight is 378 g/mol. The molecule has 0 saturated carbocycles. The summed E-state index contributed by atoms with van der Waals surface area (Å²) in [4.78, 5) is 14.5. The molecule has 1 amide bonds. The van der Waals surface area contributed by atoms with Crippen LogP contribution in [0, 0.1) is 0 Å². The zero-order chi connectivity index (χ0) is 17.2. The third-order valence-corrected chi connectivity index (χ3v) is 5.70. The lowest BCUT2D eigenvalue weighted by molar-refractivity contribution is 0.0602. The Hall–Kier alpha value is -1.35. The van der Waals surface area contributed by atoms with E-state index in [1.807, 2.05) is 13.8 Å². The van der Waals surface area contributed by atoms with Crippen molar-refractivity contribution in [1.82, 2.24) is 14.9 Å². The molecule has 136 valence electrons. The van der Waals surface area contributed by atoms with Crippen LogP contribution < -0.4 is 14.8 Å². The molecule has 0 aliphatic carbocycles. The van der Waals surface area contributed by atoms with Crippen LogP contribution in [0.25, 0.3) is 0 Å². The first-order chi connectivity index (χ1) is 10.8. The van der Waals surface area contributed by atoms with E-state index in [1.165, 1.54) is 26.3 Å². The molecular weight excluding hydrogens is 354 g/mol. The lowest BCUT2D eigenvalue weighted by Gasteiger charge is -2.38. The van der Waals surface area contributed by atoms with Crippen molar-refractivity contribution in [2.45, 2.75) is 30.8 Å². The Labute approximate surface area is 149 Å². The zero-order valence-corrected chi connectivity index (χ0v) is 15.8. The van der Waals surface area contributed by atoms with Crippen LogP contribution in [0.5, 0.6) is 5.75 Å². The van der Waals surface area contributed by atoms with Gasteiger partial charge in [-0.05, 0) is 39.1 Å². The summed E-state index contributed by atoms with van der Waals surface area (Å²) in [6, 6.07) is 4.68. The van der Waals surface area contributed by atoms with Crippen molar-refractivity contribution < 1.29 is 17.9 Å². The summed E-state index contributed by atoms with van der Waals surface area (Å²) in [7, 11) is -0.993. The van der Waals surface area contributed by atoms with E-state index in [4.69, 9.17) is 4.74 Å². The Bertz CT molecular complexity index is 696. The van der Waals surface area contributed by atoms with Gasteiger partial charge in [-0.2, -0.15) is 0 Å². The van der Waals surface area contributed by atoms with Gasteiger partial charge >= 0.3 is 0 Å². The Morgan fingerprint density at radius 1 is 1.38 bits per heavy atom. The van der Waals surface area contributed by atoms with E-state index < -0.39 is 10.0 Å². The maximum Gasteiger partial charge on any atom is 0.254 e. The van der Waals surface area contributed by atoms with Gasteiger partial charge in [-0.15, -0.1) is 12.4 Å². The highest BCUT2D eigenvalue weighted by atomic mass is 35.5. The molecule has 1 aromatic rings. The highest BCUT2D eigenvalue weighted by molar-refractivity contribution is 7.89. The van der Waals surface area contributed by atoms with Gasteiger partial charge in [-0.3, -0.25) is 4.79 Å². The van der Waals surface area contributed by atoms with Crippen molar-refractivity contribution in [3.8, 4) is 5.75 Å². The maximum absolute atomic E-state index is 12.8. The molecule has 0 bridgehead atoms. The van der Waals surface area contributed by atoms with Gasteiger partial charge in [0, 0.05) is 30.7 Å². The van der Waals surface area contributed by atoms with Crippen LogP contribution in [0.4, 0.5) is 0 Å². The second-order valence-electron chi connectivity index (χ2n) is 5.56. The first-order valence-electron chi connectivity index (χ1n) is 7.47. The first kappa shape index (κ1) is 20.7. The van der Waals surface area contributed by atoms with E-state index in [2.05, 4.69) is 10.0 Å². The number of amides is 1. The van der Waals surface area contributed by atoms with Gasteiger partial charge in [-0.25, -0.2) is 13.1 Å². The molecule has 2 unspecified atom stereocenters. The molecule has 2 atom stereocenters. The van der Waals surface area contributed by atoms with Crippen molar-refractivity contribution >= 4 is 28.3 Å². The number of hydrogen-bond acceptors (Lipinski definition) is 5. The third-order valence-electron chi connectivity index (χ3n) is 4.26. The number of piperazine rings is 1. The lowest BCUT2D eigenvalue weighted by atomic mass is 10.1. The van der Waals surface area contributed by atoms with Crippen LogP contribution in [-0.4, -0.2) is 58.6 Å². The molecule has 24 heavy (non-hydrogen) atoms. The monoisotopic (exact) mass is 377 g/mol. The number of nitrogens with zero attached hydrogens (tertiary/aromatic N) is 1. The van der Waals surface area contributed by atoms with Crippen LogP contribution in [0.15, 0.2) is 23.1 Å². The SMILES string of the molecule is CNS(=O)(=O)c1cc(C(=O)N2CCNC(C)C2C)ccc1OC.Cl. The second kappa shape index (κ2) is 8.15. The summed E-state index contributed by atoms with van der Waals surface area (Å²) in [5.74, 6) is 0.0266. The number of carbonyl (C=O) groups is 1. The number of methoxy groups -OCH3 is 1. The fraction of sp³-hybridized carbons (Fsp3) is 0.533. The quantitative estimate of drug-likeness (QED) is 0.812. The van der Waals surface area contributed by atoms with Crippen LogP contribution in [0.3, 0.4) is 0 Å². The molecule has 1 aliphatic rings. The summed E-state index contributed by atoms with van der Waals surface area (Å²) < 4.78 is 31.6. The fourth-order valence-corrected chi connectivity index (χ4v) is 3.56. The Balaban J connectivity index is 0.00000288. The largest absolute Gasteiger partial charge is 0.495 e. The lowest BCUT2D eigenvalue weighted by Crippen LogP contribution is -2.57. The number of hydrogen-bond donors (Lipinski definition) is 2. The number of benzene rings is 1. The minimum absolute atomic E-state index is 0. The molecule has 0 spiro atoms. The number of halogens is 1. The first-order valence-corrected chi connectivity index (χ1v) is 8.96. The number of rotatable bonds is 4. The molecule has 1 saturated heterocycles. The topological polar surface area (TPSA) is 87.7 Å². The van der Waals surface area contributed by atoms with Crippen LogP contribution in [0.1, 0.15) is 24.2 Å². The van der Waals surface area contributed by atoms with E-state index in [9.17, 15) is 13.2 Å². The molecule has 1 aliphatic heterocycles. The minimum atomic E-state index is -3.71. The molecule has 0 radical (unpaired) electrons. The zero-order valence-electron chi connectivity index (χ0n) is 14.2. The molecule has 1 heterocycles. The smallest absolute Gasteiger partial charge is 0.254 e. The van der Waals surface area contributed by atoms with E-state index in [0.717, 1.165) is 6.54 Å². The summed E-state index contributed by atoms with van der Waals surface area (Å²) >= 11 is 0. The third kappa shape index (κ3) is 4.00. The highest BCUT2D eigenvalue weighted by Gasteiger charge is 2.30. The standard InChI is InChI=1S/C15H23N3O4S.ClH/c1-10-11(2)18(8-7-17-10)15(19)12-5-6-13(22-4)14(9-12)23(20,21)16-3;/h5-6,9-11,16-17H,7-8H2,1-4H3;1H. The fourth-order valence-electron chi connectivity index (χ4n) is 2.64. The van der Waals surface area contributed by atoms with E-state index in [1.54, 1.807) is 11.0 Å². The predicted octanol–water partition coefficient (Wildman–Crippen LogP) is 0.848. The molecular formula is C15H24ClN3O4S. The van der Waals surface area contributed by atoms with Crippen molar-refractivity contribution in [3.63, 3.8) is 0 Å². The minimum Gasteiger partial charge on any atom is -0.495 e. The number of ether oxygens (including phenoxy) is 1. The molecule has 7 nitrogen and oxygen atoms in total. The van der Waals surface area contributed by atoms with Gasteiger partial charge in [0.05, 0.1) is 7.11 Å². The summed E-state index contributed by atoms with van der Waals surface area (Å²) in [6.07, 6.45) is 0.